The minimum atomic E-state index is 0.0316. The summed E-state index contributed by atoms with van der Waals surface area (Å²) in [4.78, 5) is 0. The van der Waals surface area contributed by atoms with Gasteiger partial charge in [0.15, 0.2) is 11.5 Å². The van der Waals surface area contributed by atoms with E-state index in [4.69, 9.17) is 19.9 Å². The molecule has 1 aromatic rings. The molecule has 0 spiro atoms. The first-order valence-electron chi connectivity index (χ1n) is 6.85. The first-order valence-corrected chi connectivity index (χ1v) is 6.85. The van der Waals surface area contributed by atoms with Gasteiger partial charge in [-0.25, -0.2) is 0 Å². The van der Waals surface area contributed by atoms with Crippen LogP contribution < -0.4 is 15.2 Å². The van der Waals surface area contributed by atoms with Gasteiger partial charge in [-0.15, -0.1) is 0 Å². The highest BCUT2D eigenvalue weighted by atomic mass is 16.7. The Bertz CT molecular complexity index is 468. The van der Waals surface area contributed by atoms with Gasteiger partial charge in [0.1, 0.15) is 0 Å². The number of rotatable bonds is 4. The summed E-state index contributed by atoms with van der Waals surface area (Å²) in [5, 5.41) is 0. The molecule has 4 nitrogen and oxygen atoms in total. The zero-order chi connectivity index (χ0) is 13.5. The van der Waals surface area contributed by atoms with Crippen molar-refractivity contribution in [3.05, 3.63) is 23.8 Å². The van der Waals surface area contributed by atoms with Gasteiger partial charge in [-0.2, -0.15) is 0 Å². The molecular formula is C15H21NO3. The van der Waals surface area contributed by atoms with Gasteiger partial charge in [0.25, 0.3) is 0 Å². The molecule has 2 N–H and O–H groups in total. The fraction of sp³-hybridized carbons (Fsp3) is 0.600. The third kappa shape index (κ3) is 1.90. The Kier molecular flexibility index (Phi) is 3.15. The minimum Gasteiger partial charge on any atom is -0.454 e. The molecule has 2 aliphatic heterocycles. The summed E-state index contributed by atoms with van der Waals surface area (Å²) in [5.41, 5.74) is 7.30. The molecule has 3 rings (SSSR count). The van der Waals surface area contributed by atoms with E-state index in [0.29, 0.717) is 25.2 Å². The highest BCUT2D eigenvalue weighted by Crippen LogP contribution is 2.45. The van der Waals surface area contributed by atoms with Crippen LogP contribution in [0.25, 0.3) is 0 Å². The van der Waals surface area contributed by atoms with E-state index in [1.54, 1.807) is 0 Å². The molecule has 1 unspecified atom stereocenters. The summed E-state index contributed by atoms with van der Waals surface area (Å²) < 4.78 is 16.4. The zero-order valence-electron chi connectivity index (χ0n) is 11.5. The van der Waals surface area contributed by atoms with E-state index >= 15 is 0 Å². The second-order valence-corrected chi connectivity index (χ2v) is 5.80. The number of hydrogen-bond donors (Lipinski definition) is 1. The smallest absolute Gasteiger partial charge is 0.231 e. The van der Waals surface area contributed by atoms with Gasteiger partial charge in [0, 0.05) is 5.41 Å². The van der Waals surface area contributed by atoms with Gasteiger partial charge < -0.3 is 19.9 Å². The molecule has 1 atom stereocenters. The number of ether oxygens (including phenoxy) is 3. The molecule has 2 aliphatic rings. The summed E-state index contributed by atoms with van der Waals surface area (Å²) in [7, 11) is 0. The van der Waals surface area contributed by atoms with E-state index in [2.05, 4.69) is 26.0 Å². The molecule has 1 aromatic carbocycles. The van der Waals surface area contributed by atoms with Crippen LogP contribution in [0.5, 0.6) is 11.5 Å². The van der Waals surface area contributed by atoms with Crippen LogP contribution in [0.1, 0.15) is 19.4 Å². The van der Waals surface area contributed by atoms with Crippen LogP contribution in [0.4, 0.5) is 0 Å². The Balaban J connectivity index is 1.97. The lowest BCUT2D eigenvalue weighted by atomic mass is 9.64. The molecule has 0 saturated carbocycles. The summed E-state index contributed by atoms with van der Waals surface area (Å²) in [5.74, 6) is 2.61. The average Bonchev–Trinajstić information content (AvgIpc) is 2.79. The quantitative estimate of drug-likeness (QED) is 0.901. The number of nitrogens with two attached hydrogens (primary N) is 1. The molecule has 0 bridgehead atoms. The van der Waals surface area contributed by atoms with Crippen molar-refractivity contribution >= 4 is 0 Å². The predicted octanol–water partition coefficient (Wildman–Crippen LogP) is 1.91. The third-order valence-electron chi connectivity index (χ3n) is 4.44. The monoisotopic (exact) mass is 263 g/mol. The van der Waals surface area contributed by atoms with E-state index in [1.807, 2.05) is 6.07 Å². The Hall–Kier alpha value is -1.26. The molecule has 104 valence electrons. The van der Waals surface area contributed by atoms with Crippen molar-refractivity contribution < 1.29 is 14.2 Å². The van der Waals surface area contributed by atoms with Gasteiger partial charge in [-0.3, -0.25) is 0 Å². The molecular weight excluding hydrogens is 242 g/mol. The Morgan fingerprint density at radius 3 is 2.53 bits per heavy atom. The van der Waals surface area contributed by atoms with Crippen molar-refractivity contribution in [3.8, 4) is 11.5 Å². The fourth-order valence-corrected chi connectivity index (χ4v) is 3.26. The van der Waals surface area contributed by atoms with Crippen LogP contribution in [0.15, 0.2) is 18.2 Å². The first kappa shape index (κ1) is 12.8. The fourth-order valence-electron chi connectivity index (χ4n) is 3.26. The molecule has 0 aliphatic carbocycles. The lowest BCUT2D eigenvalue weighted by Crippen LogP contribution is -2.56. The third-order valence-corrected chi connectivity index (χ3v) is 4.44. The average molecular weight is 263 g/mol. The van der Waals surface area contributed by atoms with Crippen LogP contribution in [-0.2, 0) is 10.2 Å². The summed E-state index contributed by atoms with van der Waals surface area (Å²) in [6, 6.07) is 6.21. The Morgan fingerprint density at radius 1 is 1.21 bits per heavy atom. The summed E-state index contributed by atoms with van der Waals surface area (Å²) in [6.07, 6.45) is 0. The van der Waals surface area contributed by atoms with Crippen LogP contribution in [0, 0.1) is 11.8 Å². The Labute approximate surface area is 113 Å². The van der Waals surface area contributed by atoms with Crippen LogP contribution >= 0.6 is 0 Å². The van der Waals surface area contributed by atoms with E-state index < -0.39 is 0 Å². The van der Waals surface area contributed by atoms with Crippen LogP contribution in [-0.4, -0.2) is 26.6 Å². The predicted molar refractivity (Wildman–Crippen MR) is 72.4 cm³/mol. The van der Waals surface area contributed by atoms with E-state index in [-0.39, 0.29) is 5.41 Å². The minimum absolute atomic E-state index is 0.0316. The molecule has 2 heterocycles. The van der Waals surface area contributed by atoms with Crippen molar-refractivity contribution in [3.63, 3.8) is 0 Å². The SMILES string of the molecule is CC(C)C(CN)C1(c2ccc3c(c2)OCO3)COC1. The standard InChI is InChI=1S/C15H21NO3/c1-10(2)12(6-16)15(7-17-8-15)11-3-4-13-14(5-11)19-9-18-13/h3-5,10,12H,6-9,16H2,1-2H3. The second kappa shape index (κ2) is 4.69. The van der Waals surface area contributed by atoms with Gasteiger partial charge in [0.05, 0.1) is 13.2 Å². The number of fused-ring (bicyclic) bond motifs is 1. The van der Waals surface area contributed by atoms with Crippen molar-refractivity contribution in [2.45, 2.75) is 19.3 Å². The maximum Gasteiger partial charge on any atom is 0.231 e. The molecule has 0 amide bonds. The largest absolute Gasteiger partial charge is 0.454 e. The maximum absolute atomic E-state index is 6.01. The highest BCUT2D eigenvalue weighted by molar-refractivity contribution is 5.47. The van der Waals surface area contributed by atoms with E-state index in [0.717, 1.165) is 24.7 Å². The van der Waals surface area contributed by atoms with Gasteiger partial charge in [-0.05, 0) is 36.1 Å². The van der Waals surface area contributed by atoms with Crippen molar-refractivity contribution in [2.24, 2.45) is 17.6 Å². The summed E-state index contributed by atoms with van der Waals surface area (Å²) >= 11 is 0. The molecule has 1 saturated heterocycles. The van der Waals surface area contributed by atoms with Crippen LogP contribution in [0.2, 0.25) is 0 Å². The lowest BCUT2D eigenvalue weighted by molar-refractivity contribution is -0.0982. The highest BCUT2D eigenvalue weighted by Gasteiger charge is 2.47. The van der Waals surface area contributed by atoms with Gasteiger partial charge in [-0.1, -0.05) is 19.9 Å². The molecule has 4 heteroatoms. The molecule has 0 radical (unpaired) electrons. The van der Waals surface area contributed by atoms with Crippen molar-refractivity contribution in [2.75, 3.05) is 26.6 Å². The zero-order valence-corrected chi connectivity index (χ0v) is 11.5. The Morgan fingerprint density at radius 2 is 1.95 bits per heavy atom. The molecule has 1 fully saturated rings. The molecule has 19 heavy (non-hydrogen) atoms. The topological polar surface area (TPSA) is 53.7 Å². The number of benzene rings is 1. The van der Waals surface area contributed by atoms with Gasteiger partial charge in [0.2, 0.25) is 6.79 Å². The molecule has 0 aromatic heterocycles. The van der Waals surface area contributed by atoms with Crippen molar-refractivity contribution in [1.82, 2.24) is 0 Å². The van der Waals surface area contributed by atoms with E-state index in [9.17, 15) is 0 Å². The number of hydrogen-bond acceptors (Lipinski definition) is 4. The maximum atomic E-state index is 6.01. The van der Waals surface area contributed by atoms with Gasteiger partial charge >= 0.3 is 0 Å². The van der Waals surface area contributed by atoms with Crippen LogP contribution in [0.3, 0.4) is 0 Å². The van der Waals surface area contributed by atoms with Crippen molar-refractivity contribution in [1.29, 1.82) is 0 Å². The lowest BCUT2D eigenvalue weighted by Gasteiger charge is -2.49. The first-order chi connectivity index (χ1) is 9.17. The van der Waals surface area contributed by atoms with E-state index in [1.165, 1.54) is 5.56 Å². The summed E-state index contributed by atoms with van der Waals surface area (Å²) in [6.45, 7) is 6.93. The normalized spacial score (nSPS) is 21.3. The second-order valence-electron chi connectivity index (χ2n) is 5.80.